The minimum atomic E-state index is -1.22. The molecule has 3 heterocycles. The van der Waals surface area contributed by atoms with Crippen LogP contribution in [0.25, 0.3) is 0 Å². The van der Waals surface area contributed by atoms with Gasteiger partial charge in [0, 0.05) is 49.6 Å². The molecule has 3 rings (SSSR count). The van der Waals surface area contributed by atoms with Crippen LogP contribution < -0.4 is 22.1 Å². The lowest BCUT2D eigenvalue weighted by Gasteiger charge is -2.28. The predicted octanol–water partition coefficient (Wildman–Crippen LogP) is -2.44. The second-order valence-corrected chi connectivity index (χ2v) is 8.82. The molecule has 200 valence electrons. The number of likely N-dealkylation sites (tertiary alicyclic amines) is 1. The van der Waals surface area contributed by atoms with Crippen molar-refractivity contribution < 1.29 is 29.1 Å². The predicted molar refractivity (Wildman–Crippen MR) is 127 cm³/mol. The van der Waals surface area contributed by atoms with Crippen molar-refractivity contribution in [1.29, 1.82) is 0 Å². The van der Waals surface area contributed by atoms with Gasteiger partial charge in [-0.05, 0) is 19.3 Å². The fraction of sp³-hybridized carbons (Fsp3) is 0.500. The molecule has 1 aliphatic heterocycles. The molecule has 15 heteroatoms. The van der Waals surface area contributed by atoms with Crippen LogP contribution in [-0.4, -0.2) is 90.3 Å². The van der Waals surface area contributed by atoms with Gasteiger partial charge in [-0.15, -0.1) is 0 Å². The summed E-state index contributed by atoms with van der Waals surface area (Å²) in [6.45, 7) is 0.204. The largest absolute Gasteiger partial charge is 0.480 e. The Morgan fingerprint density at radius 1 is 1.03 bits per heavy atom. The number of H-pyrrole nitrogens is 2. The van der Waals surface area contributed by atoms with E-state index < -0.39 is 53.8 Å². The summed E-state index contributed by atoms with van der Waals surface area (Å²) in [5, 5.41) is 14.6. The third-order valence-electron chi connectivity index (χ3n) is 6.06. The van der Waals surface area contributed by atoms with E-state index in [0.29, 0.717) is 17.8 Å². The van der Waals surface area contributed by atoms with Crippen LogP contribution in [0.1, 0.15) is 37.1 Å². The number of carbonyl (C=O) groups is 5. The molecule has 4 amide bonds. The highest BCUT2D eigenvalue weighted by molar-refractivity contribution is 5.94. The maximum atomic E-state index is 13.3. The molecule has 0 radical (unpaired) electrons. The average Bonchev–Trinajstić information content (AvgIpc) is 3.63. The Kier molecular flexibility index (Phi) is 9.32. The number of aromatic nitrogens is 4. The van der Waals surface area contributed by atoms with Gasteiger partial charge in [0.1, 0.15) is 18.1 Å². The molecule has 2 aromatic heterocycles. The third-order valence-corrected chi connectivity index (χ3v) is 6.06. The number of imidazole rings is 2. The zero-order chi connectivity index (χ0) is 26.9. The Morgan fingerprint density at radius 3 is 2.22 bits per heavy atom. The van der Waals surface area contributed by atoms with Gasteiger partial charge >= 0.3 is 5.97 Å². The van der Waals surface area contributed by atoms with E-state index in [0.717, 1.165) is 0 Å². The number of nitrogens with one attached hydrogen (secondary N) is 4. The first-order valence-corrected chi connectivity index (χ1v) is 11.8. The first kappa shape index (κ1) is 27.3. The van der Waals surface area contributed by atoms with E-state index in [1.807, 2.05) is 0 Å². The summed E-state index contributed by atoms with van der Waals surface area (Å²) in [7, 11) is 0. The quantitative estimate of drug-likeness (QED) is 0.149. The van der Waals surface area contributed by atoms with Gasteiger partial charge in [0.2, 0.25) is 23.6 Å². The van der Waals surface area contributed by atoms with E-state index in [4.69, 9.17) is 11.5 Å². The lowest BCUT2D eigenvalue weighted by atomic mass is 10.1. The van der Waals surface area contributed by atoms with Gasteiger partial charge in [0.05, 0.1) is 18.7 Å². The van der Waals surface area contributed by atoms with Crippen molar-refractivity contribution in [3.8, 4) is 0 Å². The van der Waals surface area contributed by atoms with Gasteiger partial charge in [0.25, 0.3) is 0 Å². The van der Waals surface area contributed by atoms with Gasteiger partial charge in [-0.2, -0.15) is 0 Å². The van der Waals surface area contributed by atoms with Crippen LogP contribution in [0.5, 0.6) is 0 Å². The summed E-state index contributed by atoms with van der Waals surface area (Å²) < 4.78 is 0. The van der Waals surface area contributed by atoms with Gasteiger partial charge in [-0.1, -0.05) is 0 Å². The molecule has 0 aromatic carbocycles. The van der Waals surface area contributed by atoms with Crippen molar-refractivity contribution in [1.82, 2.24) is 35.5 Å². The van der Waals surface area contributed by atoms with Crippen molar-refractivity contribution >= 4 is 29.6 Å². The highest BCUT2D eigenvalue weighted by atomic mass is 16.4. The standard InChI is InChI=1S/C22H31N9O6/c23-14(6-12-8-25-10-27-12)19(33)30-16(7-13-9-26-11-28-13)20(34)29-15(3-4-18(24)32)21(35)31-5-1-2-17(31)22(36)37/h8-11,14-17H,1-7,23H2,(H2,24,32)(H,25,27)(H,26,28)(H,29,34)(H,30,33)(H,36,37). The van der Waals surface area contributed by atoms with Crippen LogP contribution in [0.4, 0.5) is 0 Å². The number of nitrogens with two attached hydrogens (primary N) is 2. The first-order chi connectivity index (χ1) is 17.7. The van der Waals surface area contributed by atoms with E-state index in [-0.39, 0.29) is 38.6 Å². The molecular weight excluding hydrogens is 486 g/mol. The molecule has 1 saturated heterocycles. The summed E-state index contributed by atoms with van der Waals surface area (Å²) in [6.07, 6.45) is 6.45. The number of aromatic amines is 2. The third kappa shape index (κ3) is 7.60. The average molecular weight is 518 g/mol. The number of aliphatic carboxylic acids is 1. The number of primary amides is 1. The van der Waals surface area contributed by atoms with E-state index in [1.54, 1.807) is 0 Å². The van der Waals surface area contributed by atoms with Crippen LogP contribution >= 0.6 is 0 Å². The van der Waals surface area contributed by atoms with Gasteiger partial charge in [0.15, 0.2) is 0 Å². The molecule has 2 aromatic rings. The van der Waals surface area contributed by atoms with Gasteiger partial charge < -0.3 is 42.1 Å². The number of rotatable bonds is 13. The molecule has 4 unspecified atom stereocenters. The molecule has 37 heavy (non-hydrogen) atoms. The fourth-order valence-corrected chi connectivity index (χ4v) is 4.13. The van der Waals surface area contributed by atoms with E-state index in [1.165, 1.54) is 29.9 Å². The zero-order valence-corrected chi connectivity index (χ0v) is 20.1. The molecule has 0 bridgehead atoms. The molecule has 9 N–H and O–H groups in total. The minimum absolute atomic E-state index is 0.00649. The van der Waals surface area contributed by atoms with E-state index >= 15 is 0 Å². The molecular formula is C22H31N9O6. The number of carboxylic acid groups (broad SMARTS) is 1. The number of hydrogen-bond donors (Lipinski definition) is 7. The molecule has 15 nitrogen and oxygen atoms in total. The van der Waals surface area contributed by atoms with E-state index in [9.17, 15) is 29.1 Å². The normalized spacial score (nSPS) is 17.5. The SMILES string of the molecule is NC(=O)CCC(NC(=O)C(Cc1cnc[nH]1)NC(=O)C(N)Cc1cnc[nH]1)C(=O)N1CCCC1C(=O)O. The van der Waals surface area contributed by atoms with Gasteiger partial charge in [-0.25, -0.2) is 14.8 Å². The van der Waals surface area contributed by atoms with Crippen LogP contribution in [0.3, 0.4) is 0 Å². The van der Waals surface area contributed by atoms with Crippen LogP contribution in [-0.2, 0) is 36.8 Å². The Labute approximate surface area is 211 Å². The number of nitrogens with zero attached hydrogens (tertiary/aromatic N) is 3. The molecule has 0 saturated carbocycles. The molecule has 1 fully saturated rings. The highest BCUT2D eigenvalue weighted by Crippen LogP contribution is 2.19. The Bertz CT molecular complexity index is 1090. The maximum absolute atomic E-state index is 13.3. The number of amides is 4. The number of carboxylic acids is 1. The van der Waals surface area contributed by atoms with Crippen LogP contribution in [0.2, 0.25) is 0 Å². The van der Waals surface area contributed by atoms with Crippen LogP contribution in [0.15, 0.2) is 25.0 Å². The smallest absolute Gasteiger partial charge is 0.326 e. The summed E-state index contributed by atoms with van der Waals surface area (Å²) in [6, 6.07) is -4.40. The van der Waals surface area contributed by atoms with Crippen molar-refractivity contribution in [2.24, 2.45) is 11.5 Å². The van der Waals surface area contributed by atoms with Crippen molar-refractivity contribution in [3.63, 3.8) is 0 Å². The lowest BCUT2D eigenvalue weighted by molar-refractivity contribution is -0.149. The summed E-state index contributed by atoms with van der Waals surface area (Å²) in [5.74, 6) is -3.80. The van der Waals surface area contributed by atoms with Crippen LogP contribution in [0, 0.1) is 0 Å². The van der Waals surface area contributed by atoms with Crippen molar-refractivity contribution in [2.75, 3.05) is 6.54 Å². The Hall–Kier alpha value is -4.27. The Balaban J connectivity index is 1.75. The molecule has 0 aliphatic carbocycles. The fourth-order valence-electron chi connectivity index (χ4n) is 4.13. The summed E-state index contributed by atoms with van der Waals surface area (Å²) in [4.78, 5) is 77.0. The lowest BCUT2D eigenvalue weighted by Crippen LogP contribution is -2.58. The molecule has 0 spiro atoms. The monoisotopic (exact) mass is 517 g/mol. The van der Waals surface area contributed by atoms with Gasteiger partial charge in [-0.3, -0.25) is 19.2 Å². The van der Waals surface area contributed by atoms with E-state index in [2.05, 4.69) is 30.6 Å². The summed E-state index contributed by atoms with van der Waals surface area (Å²) >= 11 is 0. The topological polar surface area (TPSA) is 242 Å². The second-order valence-electron chi connectivity index (χ2n) is 8.82. The summed E-state index contributed by atoms with van der Waals surface area (Å²) in [5.41, 5.74) is 12.4. The highest BCUT2D eigenvalue weighted by Gasteiger charge is 2.38. The Morgan fingerprint density at radius 2 is 1.65 bits per heavy atom. The first-order valence-electron chi connectivity index (χ1n) is 11.8. The molecule has 4 atom stereocenters. The van der Waals surface area contributed by atoms with Crippen molar-refractivity contribution in [3.05, 3.63) is 36.4 Å². The van der Waals surface area contributed by atoms with Crippen molar-refractivity contribution in [2.45, 2.75) is 62.7 Å². The second kappa shape index (κ2) is 12.6. The maximum Gasteiger partial charge on any atom is 0.326 e. The number of carbonyl (C=O) groups excluding carboxylic acids is 4. The number of hydrogen-bond acceptors (Lipinski definition) is 8. The molecule has 1 aliphatic rings. The minimum Gasteiger partial charge on any atom is -0.480 e. The zero-order valence-electron chi connectivity index (χ0n) is 20.1.